The van der Waals surface area contributed by atoms with Gasteiger partial charge in [-0.1, -0.05) is 11.7 Å². The van der Waals surface area contributed by atoms with Gasteiger partial charge in [0.1, 0.15) is 23.9 Å². The van der Waals surface area contributed by atoms with Crippen molar-refractivity contribution in [3.05, 3.63) is 53.8 Å². The summed E-state index contributed by atoms with van der Waals surface area (Å²) in [5.74, 6) is 0.718. The van der Waals surface area contributed by atoms with Crippen molar-refractivity contribution >= 4 is 44.7 Å². The highest BCUT2D eigenvalue weighted by Crippen LogP contribution is 2.38. The second-order valence-electron chi connectivity index (χ2n) is 8.57. The molecule has 1 fully saturated rings. The maximum atomic E-state index is 13.1. The van der Waals surface area contributed by atoms with Crippen LogP contribution in [0.25, 0.3) is 10.8 Å². The number of likely N-dealkylation sites (N-methyl/N-ethyl adjacent to an activating group) is 1. The number of anilines is 2. The number of carbonyl (C=O) groups excluding carboxylic acids is 1. The topological polar surface area (TPSA) is 141 Å². The molecule has 2 aromatic heterocycles. The van der Waals surface area contributed by atoms with E-state index in [9.17, 15) is 4.79 Å². The number of ether oxygens (including phenoxy) is 1. The predicted octanol–water partition coefficient (Wildman–Crippen LogP) is 2.77. The largest absolute Gasteiger partial charge is 0.490 e. The van der Waals surface area contributed by atoms with E-state index in [0.717, 1.165) is 23.0 Å². The molecule has 0 saturated carbocycles. The highest BCUT2D eigenvalue weighted by atomic mass is 32.1. The first kappa shape index (κ1) is 24.3. The number of hydrogen-bond acceptors (Lipinski definition) is 10. The van der Waals surface area contributed by atoms with Crippen molar-refractivity contribution in [3.63, 3.8) is 0 Å². The number of nitrogens with two attached hydrogens (primary N) is 2. The van der Waals surface area contributed by atoms with E-state index in [4.69, 9.17) is 21.0 Å². The van der Waals surface area contributed by atoms with Crippen LogP contribution in [0.15, 0.2) is 53.3 Å². The molecular weight excluding hydrogens is 466 g/mol. The van der Waals surface area contributed by atoms with Crippen LogP contribution in [0, 0.1) is 0 Å². The molecule has 0 radical (unpaired) electrons. The first-order valence-corrected chi connectivity index (χ1v) is 12.1. The Labute approximate surface area is 207 Å². The number of benzene rings is 1. The standard InChI is InChI=1S/C24H29N7O3S/c1-5-31-14(2)20(24(31,3)4)29-22(32)19(18-13-35-23(26)28-18)30-34-11-10-33-16-6-7-17-15(12-16)8-9-27-21(17)25/h6-9,12-13,20H,2,5,10-11H2,1,3-4H3,(H2,25,27)(H2,26,28)(H,29,32)/b30-19-/t20-/m1/s1. The van der Waals surface area contributed by atoms with Crippen molar-refractivity contribution < 1.29 is 14.4 Å². The quantitative estimate of drug-likeness (QED) is 0.234. The number of amides is 1. The van der Waals surface area contributed by atoms with E-state index in [-0.39, 0.29) is 30.5 Å². The second kappa shape index (κ2) is 9.79. The predicted molar refractivity (Wildman–Crippen MR) is 138 cm³/mol. The number of oxime groups is 1. The number of thiazole rings is 1. The molecule has 5 N–H and O–H groups in total. The SMILES string of the molecule is C=C1[C@@H](NC(=O)/C(=N\OCCOc2ccc3c(N)nccc3c2)c2csc(N)n2)C(C)(C)N1CC. The highest BCUT2D eigenvalue weighted by molar-refractivity contribution is 7.13. The van der Waals surface area contributed by atoms with Crippen LogP contribution < -0.4 is 21.5 Å². The van der Waals surface area contributed by atoms with Gasteiger partial charge in [0, 0.05) is 29.2 Å². The molecule has 11 heteroatoms. The number of carbonyl (C=O) groups is 1. The molecule has 0 aliphatic carbocycles. The van der Waals surface area contributed by atoms with Crippen molar-refractivity contribution in [2.45, 2.75) is 32.4 Å². The lowest BCUT2D eigenvalue weighted by atomic mass is 9.80. The number of likely N-dealkylation sites (tertiary alicyclic amines) is 1. The van der Waals surface area contributed by atoms with E-state index in [2.05, 4.69) is 52.7 Å². The lowest BCUT2D eigenvalue weighted by molar-refractivity contribution is -0.117. The van der Waals surface area contributed by atoms with Gasteiger partial charge in [-0.3, -0.25) is 4.79 Å². The molecule has 3 aromatic rings. The summed E-state index contributed by atoms with van der Waals surface area (Å²) in [5.41, 5.74) is 12.6. The number of hydrogen-bond donors (Lipinski definition) is 3. The molecule has 0 spiro atoms. The lowest BCUT2D eigenvalue weighted by Gasteiger charge is -2.57. The Morgan fingerprint density at radius 2 is 2.11 bits per heavy atom. The summed E-state index contributed by atoms with van der Waals surface area (Å²) in [6, 6.07) is 7.18. The molecule has 1 amide bonds. The Balaban J connectivity index is 1.39. The van der Waals surface area contributed by atoms with E-state index in [0.29, 0.717) is 22.4 Å². The van der Waals surface area contributed by atoms with Crippen molar-refractivity contribution in [2.75, 3.05) is 31.2 Å². The van der Waals surface area contributed by atoms with Gasteiger partial charge in [-0.25, -0.2) is 9.97 Å². The third-order valence-electron chi connectivity index (χ3n) is 6.02. The molecule has 1 aliphatic rings. The Morgan fingerprint density at radius 3 is 2.80 bits per heavy atom. The average molecular weight is 496 g/mol. The number of nitrogens with one attached hydrogen (secondary N) is 1. The number of nitrogen functional groups attached to an aromatic ring is 2. The second-order valence-corrected chi connectivity index (χ2v) is 9.46. The summed E-state index contributed by atoms with van der Waals surface area (Å²) in [5, 5.41) is 10.9. The fourth-order valence-electron chi connectivity index (χ4n) is 4.27. The van der Waals surface area contributed by atoms with Gasteiger partial charge in [-0.15, -0.1) is 11.3 Å². The third-order valence-corrected chi connectivity index (χ3v) is 6.69. The Kier molecular flexibility index (Phi) is 6.79. The summed E-state index contributed by atoms with van der Waals surface area (Å²) in [6.45, 7) is 11.4. The number of fused-ring (bicyclic) bond motifs is 1. The van der Waals surface area contributed by atoms with E-state index in [1.807, 2.05) is 24.3 Å². The molecule has 1 aromatic carbocycles. The molecule has 1 saturated heterocycles. The van der Waals surface area contributed by atoms with E-state index in [1.165, 1.54) is 11.3 Å². The highest BCUT2D eigenvalue weighted by Gasteiger charge is 2.49. The van der Waals surface area contributed by atoms with Crippen LogP contribution in [0.4, 0.5) is 10.9 Å². The van der Waals surface area contributed by atoms with E-state index >= 15 is 0 Å². The van der Waals surface area contributed by atoms with Crippen molar-refractivity contribution in [3.8, 4) is 5.75 Å². The molecule has 3 heterocycles. The van der Waals surface area contributed by atoms with Gasteiger partial charge in [-0.05, 0) is 50.4 Å². The molecule has 4 rings (SSSR count). The fraction of sp³-hybridized carbons (Fsp3) is 0.333. The zero-order chi connectivity index (χ0) is 25.2. The van der Waals surface area contributed by atoms with Crippen LogP contribution in [0.3, 0.4) is 0 Å². The number of aromatic nitrogens is 2. The molecular formula is C24H29N7O3S. The molecule has 10 nitrogen and oxygen atoms in total. The number of rotatable bonds is 9. The summed E-state index contributed by atoms with van der Waals surface area (Å²) in [6.07, 6.45) is 1.65. The maximum absolute atomic E-state index is 13.1. The van der Waals surface area contributed by atoms with Crippen LogP contribution in [0.5, 0.6) is 5.75 Å². The summed E-state index contributed by atoms with van der Waals surface area (Å²) in [7, 11) is 0. The normalized spacial score (nSPS) is 17.2. The van der Waals surface area contributed by atoms with Crippen molar-refractivity contribution in [1.82, 2.24) is 20.2 Å². The summed E-state index contributed by atoms with van der Waals surface area (Å²) >= 11 is 1.22. The minimum Gasteiger partial charge on any atom is -0.490 e. The Hall–Kier alpha value is -3.86. The Bertz CT molecular complexity index is 1290. The molecule has 1 aliphatic heterocycles. The zero-order valence-corrected chi connectivity index (χ0v) is 20.8. The molecule has 0 unspecified atom stereocenters. The lowest BCUT2D eigenvalue weighted by Crippen LogP contribution is -2.71. The van der Waals surface area contributed by atoms with Crippen LogP contribution in [-0.2, 0) is 9.63 Å². The van der Waals surface area contributed by atoms with Crippen molar-refractivity contribution in [2.24, 2.45) is 5.16 Å². The van der Waals surface area contributed by atoms with Crippen LogP contribution in [0.2, 0.25) is 0 Å². The molecule has 35 heavy (non-hydrogen) atoms. The maximum Gasteiger partial charge on any atom is 0.276 e. The first-order valence-electron chi connectivity index (χ1n) is 11.2. The van der Waals surface area contributed by atoms with Gasteiger partial charge >= 0.3 is 0 Å². The monoisotopic (exact) mass is 495 g/mol. The van der Waals surface area contributed by atoms with Gasteiger partial charge in [0.2, 0.25) is 0 Å². The smallest absolute Gasteiger partial charge is 0.276 e. The van der Waals surface area contributed by atoms with Gasteiger partial charge in [0.25, 0.3) is 5.91 Å². The Morgan fingerprint density at radius 1 is 1.31 bits per heavy atom. The third kappa shape index (κ3) is 4.85. The fourth-order valence-corrected chi connectivity index (χ4v) is 4.82. The van der Waals surface area contributed by atoms with Crippen molar-refractivity contribution in [1.29, 1.82) is 0 Å². The van der Waals surface area contributed by atoms with E-state index in [1.54, 1.807) is 11.6 Å². The van der Waals surface area contributed by atoms with E-state index < -0.39 is 5.91 Å². The first-order chi connectivity index (χ1) is 16.7. The van der Waals surface area contributed by atoms with Gasteiger partial charge in [0.05, 0.1) is 11.6 Å². The van der Waals surface area contributed by atoms with Gasteiger partial charge in [0.15, 0.2) is 17.5 Å². The van der Waals surface area contributed by atoms with Crippen LogP contribution >= 0.6 is 11.3 Å². The number of nitrogens with zero attached hydrogens (tertiary/aromatic N) is 4. The number of pyridine rings is 1. The average Bonchev–Trinajstić information content (AvgIpc) is 3.25. The molecule has 0 bridgehead atoms. The molecule has 1 atom stereocenters. The van der Waals surface area contributed by atoms with Crippen LogP contribution in [0.1, 0.15) is 26.5 Å². The summed E-state index contributed by atoms with van der Waals surface area (Å²) < 4.78 is 5.76. The van der Waals surface area contributed by atoms with Gasteiger partial charge in [-0.2, -0.15) is 0 Å². The van der Waals surface area contributed by atoms with Gasteiger partial charge < -0.3 is 31.3 Å². The minimum atomic E-state index is -0.410. The summed E-state index contributed by atoms with van der Waals surface area (Å²) in [4.78, 5) is 29.0. The minimum absolute atomic E-state index is 0.0465. The molecule has 184 valence electrons. The zero-order valence-electron chi connectivity index (χ0n) is 19.9. The van der Waals surface area contributed by atoms with Crippen LogP contribution in [-0.4, -0.2) is 57.8 Å².